The zero-order chi connectivity index (χ0) is 26.1. The number of rotatable bonds is 10. The summed E-state index contributed by atoms with van der Waals surface area (Å²) in [5.41, 5.74) is 1.30. The average molecular weight is 546 g/mol. The minimum atomic E-state index is -1.88. The molecule has 0 aromatic rings. The highest BCUT2D eigenvalue weighted by molar-refractivity contribution is 7.11. The third-order valence-corrected chi connectivity index (χ3v) is 13.7. The smallest absolute Gasteiger partial charge is 0.411 e. The molecule has 0 spiro atoms. The van der Waals surface area contributed by atoms with Crippen molar-refractivity contribution in [1.82, 2.24) is 14.7 Å². The number of likely N-dealkylation sites (tertiary alicyclic amines) is 1. The van der Waals surface area contributed by atoms with Gasteiger partial charge >= 0.3 is 12.1 Å². The van der Waals surface area contributed by atoms with Crippen molar-refractivity contribution in [2.24, 2.45) is 11.8 Å². The lowest BCUT2D eigenvalue weighted by Crippen LogP contribution is -2.65. The van der Waals surface area contributed by atoms with Crippen molar-refractivity contribution in [2.75, 3.05) is 26.7 Å². The van der Waals surface area contributed by atoms with Crippen LogP contribution < -0.4 is 0 Å². The molecule has 3 heterocycles. The zero-order valence-electron chi connectivity index (χ0n) is 21.8. The number of likely N-dealkylation sites (N-methyl/N-ethyl adjacent to an activating group) is 1. The molecule has 3 unspecified atom stereocenters. The average Bonchev–Trinajstić information content (AvgIpc) is 3.42. The topological polar surface area (TPSA) is 88.6 Å². The number of fused-ring (bicyclic) bond motifs is 1. The highest BCUT2D eigenvalue weighted by Crippen LogP contribution is 2.49. The molecule has 2 fully saturated rings. The van der Waals surface area contributed by atoms with Crippen LogP contribution in [0.25, 0.3) is 0 Å². The second-order valence-electron chi connectivity index (χ2n) is 10.0. The fourth-order valence-electron chi connectivity index (χ4n) is 6.10. The van der Waals surface area contributed by atoms with Crippen LogP contribution in [0.2, 0.25) is 18.1 Å². The van der Waals surface area contributed by atoms with Crippen LogP contribution in [-0.2, 0) is 23.1 Å². The van der Waals surface area contributed by atoms with Gasteiger partial charge in [0.25, 0.3) is 0 Å². The first kappa shape index (κ1) is 28.5. The lowest BCUT2D eigenvalue weighted by molar-refractivity contribution is -0.161. The van der Waals surface area contributed by atoms with E-state index in [9.17, 15) is 14.4 Å². The van der Waals surface area contributed by atoms with Crippen LogP contribution in [0.15, 0.2) is 11.3 Å². The number of carbonyl (C=O) groups excluding carboxylic acids is 3. The second kappa shape index (κ2) is 11.6. The molecular formula is C23H41N3O6P2Si. The fourth-order valence-corrected chi connectivity index (χ4v) is 9.31. The summed E-state index contributed by atoms with van der Waals surface area (Å²) in [5, 5.41) is 0. The number of hydrogen-bond donors (Lipinski definition) is 0. The number of β-lactam (4-membered cyclic amide) rings is 1. The van der Waals surface area contributed by atoms with Crippen LogP contribution in [0.1, 0.15) is 41.0 Å². The van der Waals surface area contributed by atoms with Gasteiger partial charge in [-0.1, -0.05) is 27.7 Å². The van der Waals surface area contributed by atoms with E-state index >= 15 is 0 Å². The van der Waals surface area contributed by atoms with E-state index in [1.54, 1.807) is 16.8 Å². The van der Waals surface area contributed by atoms with Crippen LogP contribution in [-0.4, -0.2) is 85.9 Å². The molecule has 198 valence electrons. The first-order valence-electron chi connectivity index (χ1n) is 12.6. The van der Waals surface area contributed by atoms with Gasteiger partial charge in [-0.15, -0.1) is 0 Å². The maximum absolute atomic E-state index is 13.4. The van der Waals surface area contributed by atoms with Crippen LogP contribution >= 0.6 is 18.9 Å². The summed E-state index contributed by atoms with van der Waals surface area (Å²) < 4.78 is 16.5. The summed E-state index contributed by atoms with van der Waals surface area (Å²) in [6, 6.07) is 3.01. The molecule has 9 nitrogen and oxygen atoms in total. The molecule has 2 saturated heterocycles. The van der Waals surface area contributed by atoms with Gasteiger partial charge in [-0.25, -0.2) is 9.59 Å². The van der Waals surface area contributed by atoms with E-state index in [4.69, 9.17) is 13.5 Å². The molecular weight excluding hydrogens is 504 g/mol. The Morgan fingerprint density at radius 1 is 1.17 bits per heavy atom. The SMILES string of the molecule is CC[Si](CC)(CC)O[C@H](C)C1C(=O)N2C(C(=O)OP)=C(CN3CC[C@H](N(C)C(=O)OP)C3)[C@H](C)[C@H]12. The zero-order valence-corrected chi connectivity index (χ0v) is 25.1. The van der Waals surface area contributed by atoms with E-state index in [2.05, 4.69) is 32.6 Å². The molecule has 0 aromatic carbocycles. The van der Waals surface area contributed by atoms with E-state index in [-0.39, 0.29) is 42.0 Å². The maximum Gasteiger partial charge on any atom is 0.411 e. The van der Waals surface area contributed by atoms with Crippen LogP contribution in [0.4, 0.5) is 4.79 Å². The van der Waals surface area contributed by atoms with Gasteiger partial charge in [-0.3, -0.25) is 9.69 Å². The minimum absolute atomic E-state index is 0.0117. The predicted molar refractivity (Wildman–Crippen MR) is 143 cm³/mol. The van der Waals surface area contributed by atoms with Crippen molar-refractivity contribution in [3.63, 3.8) is 0 Å². The number of nitrogens with zero attached hydrogens (tertiary/aromatic N) is 3. The van der Waals surface area contributed by atoms with Crippen molar-refractivity contribution in [2.45, 2.75) is 77.4 Å². The molecule has 2 amide bonds. The fraction of sp³-hybridized carbons (Fsp3) is 0.783. The van der Waals surface area contributed by atoms with E-state index in [0.717, 1.165) is 36.7 Å². The molecule has 0 N–H and O–H groups in total. The molecule has 0 saturated carbocycles. The summed E-state index contributed by atoms with van der Waals surface area (Å²) in [6.07, 6.45) is 0.242. The minimum Gasteiger partial charge on any atom is -0.447 e. The van der Waals surface area contributed by atoms with E-state index < -0.39 is 14.3 Å². The third kappa shape index (κ3) is 5.19. The summed E-state index contributed by atoms with van der Waals surface area (Å²) in [5.74, 6) is -0.806. The van der Waals surface area contributed by atoms with Crippen LogP contribution in [0.3, 0.4) is 0 Å². The van der Waals surface area contributed by atoms with Gasteiger partial charge in [0.1, 0.15) is 5.70 Å². The summed E-state index contributed by atoms with van der Waals surface area (Å²) in [6.45, 7) is 12.7. The van der Waals surface area contributed by atoms with Crippen molar-refractivity contribution >= 4 is 45.2 Å². The summed E-state index contributed by atoms with van der Waals surface area (Å²) in [4.78, 5) is 43.6. The Bertz CT molecular complexity index is 862. The standard InChI is InChI=1S/C23H41N3O6P2Si/c1-7-35(8-2,9-3)32-15(5)18-19-14(4)17(20(22(28)30-33)26(19)21(18)27)13-25-11-10-16(12-25)24(6)23(29)31-34/h14-16,18-19H,7-13,33-34H2,1-6H3/t14-,15+,16-,18?,19+/m0/s1. The van der Waals surface area contributed by atoms with Gasteiger partial charge in [0.15, 0.2) is 8.32 Å². The normalized spacial score (nSPS) is 27.5. The highest BCUT2D eigenvalue weighted by Gasteiger charge is 2.61. The quantitative estimate of drug-likeness (QED) is 0.236. The van der Waals surface area contributed by atoms with Crippen molar-refractivity contribution in [1.29, 1.82) is 0 Å². The first-order chi connectivity index (χ1) is 16.6. The van der Waals surface area contributed by atoms with Crippen LogP contribution in [0.5, 0.6) is 0 Å². The van der Waals surface area contributed by atoms with Gasteiger partial charge in [0, 0.05) is 38.6 Å². The highest BCUT2D eigenvalue weighted by atomic mass is 31.0. The summed E-state index contributed by atoms with van der Waals surface area (Å²) in [7, 11) is 3.86. The van der Waals surface area contributed by atoms with Gasteiger partial charge in [0.05, 0.1) is 37.0 Å². The predicted octanol–water partition coefficient (Wildman–Crippen LogP) is 3.39. The lowest BCUT2D eigenvalue weighted by Gasteiger charge is -2.49. The first-order valence-corrected chi connectivity index (χ1v) is 16.1. The largest absolute Gasteiger partial charge is 0.447 e. The second-order valence-corrected chi connectivity index (χ2v) is 15.2. The molecule has 35 heavy (non-hydrogen) atoms. The van der Waals surface area contributed by atoms with Gasteiger partial charge in [0.2, 0.25) is 5.91 Å². The summed E-state index contributed by atoms with van der Waals surface area (Å²) >= 11 is 0. The van der Waals surface area contributed by atoms with E-state index in [1.807, 2.05) is 25.9 Å². The van der Waals surface area contributed by atoms with Crippen molar-refractivity contribution in [3.05, 3.63) is 11.3 Å². The molecule has 3 rings (SSSR count). The number of carbonyl (C=O) groups is 3. The Kier molecular flexibility index (Phi) is 9.41. The molecule has 0 aliphatic carbocycles. The Morgan fingerprint density at radius 3 is 2.34 bits per heavy atom. The molecule has 0 radical (unpaired) electrons. The van der Waals surface area contributed by atoms with Gasteiger partial charge in [-0.05, 0) is 37.0 Å². The van der Waals surface area contributed by atoms with Gasteiger partial charge in [-0.2, -0.15) is 0 Å². The molecule has 0 aromatic heterocycles. The number of amides is 2. The Balaban J connectivity index is 1.79. The van der Waals surface area contributed by atoms with Crippen molar-refractivity contribution < 1.29 is 27.9 Å². The Labute approximate surface area is 215 Å². The Hall–Kier alpha value is -1.05. The molecule has 3 aliphatic rings. The van der Waals surface area contributed by atoms with Crippen molar-refractivity contribution in [3.8, 4) is 0 Å². The monoisotopic (exact) mass is 545 g/mol. The van der Waals surface area contributed by atoms with E-state index in [0.29, 0.717) is 18.8 Å². The lowest BCUT2D eigenvalue weighted by atomic mass is 9.77. The molecule has 7 atom stereocenters. The molecule has 12 heteroatoms. The number of hydrogen-bond acceptors (Lipinski definition) is 7. The Morgan fingerprint density at radius 2 is 1.80 bits per heavy atom. The van der Waals surface area contributed by atoms with E-state index in [1.165, 1.54) is 0 Å². The molecule has 3 aliphatic heterocycles. The third-order valence-electron chi connectivity index (χ3n) is 8.55. The molecule has 0 bridgehead atoms. The van der Waals surface area contributed by atoms with Gasteiger partial charge < -0.3 is 23.3 Å². The van der Waals surface area contributed by atoms with Crippen LogP contribution in [0, 0.1) is 11.8 Å². The maximum atomic E-state index is 13.4.